The summed E-state index contributed by atoms with van der Waals surface area (Å²) >= 11 is 1.70. The summed E-state index contributed by atoms with van der Waals surface area (Å²) in [5.41, 5.74) is 2.11. The van der Waals surface area contributed by atoms with Crippen molar-refractivity contribution in [2.45, 2.75) is 12.8 Å². The average molecular weight is 467 g/mol. The van der Waals surface area contributed by atoms with Gasteiger partial charge in [-0.1, -0.05) is 23.5 Å². The smallest absolute Gasteiger partial charge is 0.225 e. The number of carbonyl (C=O) groups excluding carboxylic acids is 1. The predicted molar refractivity (Wildman–Crippen MR) is 133 cm³/mol. The van der Waals surface area contributed by atoms with Gasteiger partial charge >= 0.3 is 0 Å². The molecule has 0 unspecified atom stereocenters. The minimum Gasteiger partial charge on any atom is -0.497 e. The summed E-state index contributed by atoms with van der Waals surface area (Å²) < 4.78 is 12.0. The Morgan fingerprint density at radius 2 is 1.70 bits per heavy atom. The van der Waals surface area contributed by atoms with Crippen LogP contribution in [0.1, 0.15) is 12.8 Å². The van der Waals surface area contributed by atoms with E-state index in [4.69, 9.17) is 14.5 Å². The number of carbonyl (C=O) groups is 1. The van der Waals surface area contributed by atoms with Crippen LogP contribution in [0.4, 0.5) is 10.8 Å². The van der Waals surface area contributed by atoms with Crippen molar-refractivity contribution in [3.8, 4) is 11.5 Å². The zero-order valence-electron chi connectivity index (χ0n) is 19.2. The first-order valence-corrected chi connectivity index (χ1v) is 12.3. The van der Waals surface area contributed by atoms with Crippen LogP contribution in [0.3, 0.4) is 0 Å². The van der Waals surface area contributed by atoms with Gasteiger partial charge in [-0.2, -0.15) is 0 Å². The number of fused-ring (bicyclic) bond motifs is 1. The van der Waals surface area contributed by atoms with Crippen molar-refractivity contribution >= 4 is 38.3 Å². The number of benzene rings is 2. The molecular formula is C25H30N4O3S. The highest BCUT2D eigenvalue weighted by molar-refractivity contribution is 7.22. The van der Waals surface area contributed by atoms with Gasteiger partial charge in [-0.05, 0) is 43.2 Å². The molecule has 33 heavy (non-hydrogen) atoms. The van der Waals surface area contributed by atoms with Crippen molar-refractivity contribution in [1.82, 2.24) is 9.88 Å². The third kappa shape index (κ3) is 4.44. The van der Waals surface area contributed by atoms with E-state index in [2.05, 4.69) is 20.8 Å². The van der Waals surface area contributed by atoms with Crippen LogP contribution in [0, 0.1) is 5.92 Å². The monoisotopic (exact) mass is 466 g/mol. The summed E-state index contributed by atoms with van der Waals surface area (Å²) in [6.45, 7) is 4.93. The van der Waals surface area contributed by atoms with E-state index in [-0.39, 0.29) is 5.92 Å². The highest BCUT2D eigenvalue weighted by Gasteiger charge is 2.31. The van der Waals surface area contributed by atoms with Gasteiger partial charge in [0.25, 0.3) is 0 Å². The molecule has 174 valence electrons. The number of amides is 1. The molecule has 0 aliphatic carbocycles. The lowest BCUT2D eigenvalue weighted by Gasteiger charge is -2.39. The molecular weight excluding hydrogens is 436 g/mol. The standard InChI is InChI=1S/C25H30N4O3S/c1-31-19-7-8-20-23(17-19)33-25(26-20)29-11-9-18(10-12-29)24(30)28-15-13-27(14-16-28)21-5-3-4-6-22(21)32-2/h3-8,17-18H,9-16H2,1-2H3. The van der Waals surface area contributed by atoms with E-state index in [1.807, 2.05) is 36.4 Å². The molecule has 1 amide bonds. The molecule has 3 aromatic rings. The number of anilines is 2. The number of piperidine rings is 1. The third-order valence-electron chi connectivity index (χ3n) is 6.72. The predicted octanol–water partition coefficient (Wildman–Crippen LogP) is 3.88. The highest BCUT2D eigenvalue weighted by atomic mass is 32.1. The normalized spacial score (nSPS) is 17.5. The van der Waals surface area contributed by atoms with Crippen molar-refractivity contribution < 1.29 is 14.3 Å². The van der Waals surface area contributed by atoms with Crippen LogP contribution in [0.15, 0.2) is 42.5 Å². The van der Waals surface area contributed by atoms with Gasteiger partial charge in [0.05, 0.1) is 30.1 Å². The topological polar surface area (TPSA) is 58.1 Å². The van der Waals surface area contributed by atoms with Crippen LogP contribution in [0.5, 0.6) is 11.5 Å². The number of hydrogen-bond donors (Lipinski definition) is 0. The number of aromatic nitrogens is 1. The fourth-order valence-corrected chi connectivity index (χ4v) is 5.84. The molecule has 5 rings (SSSR count). The Kier molecular flexibility index (Phi) is 6.26. The maximum Gasteiger partial charge on any atom is 0.225 e. The third-order valence-corrected chi connectivity index (χ3v) is 7.80. The Labute approximate surface area is 198 Å². The largest absolute Gasteiger partial charge is 0.497 e. The van der Waals surface area contributed by atoms with Gasteiger partial charge in [0, 0.05) is 45.2 Å². The Morgan fingerprint density at radius 3 is 2.42 bits per heavy atom. The second-order valence-electron chi connectivity index (χ2n) is 8.58. The molecule has 3 heterocycles. The second-order valence-corrected chi connectivity index (χ2v) is 9.58. The van der Waals surface area contributed by atoms with Gasteiger partial charge in [-0.15, -0.1) is 0 Å². The minimum absolute atomic E-state index is 0.105. The summed E-state index contributed by atoms with van der Waals surface area (Å²) in [5.74, 6) is 2.16. The molecule has 2 fully saturated rings. The van der Waals surface area contributed by atoms with Crippen LogP contribution >= 0.6 is 11.3 Å². The van der Waals surface area contributed by atoms with E-state index in [1.165, 1.54) is 0 Å². The first-order valence-electron chi connectivity index (χ1n) is 11.5. The van der Waals surface area contributed by atoms with E-state index in [0.29, 0.717) is 5.91 Å². The molecule has 2 aliphatic heterocycles. The number of ether oxygens (including phenoxy) is 2. The Hall–Kier alpha value is -3.00. The Balaban J connectivity index is 1.16. The quantitative estimate of drug-likeness (QED) is 0.569. The van der Waals surface area contributed by atoms with Crippen molar-refractivity contribution in [3.63, 3.8) is 0 Å². The van der Waals surface area contributed by atoms with Crippen molar-refractivity contribution in [1.29, 1.82) is 0 Å². The van der Waals surface area contributed by atoms with Crippen molar-refractivity contribution in [3.05, 3.63) is 42.5 Å². The minimum atomic E-state index is 0.105. The van der Waals surface area contributed by atoms with Crippen LogP contribution < -0.4 is 19.3 Å². The molecule has 1 aromatic heterocycles. The summed E-state index contributed by atoms with van der Waals surface area (Å²) in [6.07, 6.45) is 1.76. The lowest BCUT2D eigenvalue weighted by Crippen LogP contribution is -2.51. The van der Waals surface area contributed by atoms with Gasteiger partial charge in [-0.25, -0.2) is 4.98 Å². The maximum atomic E-state index is 13.2. The van der Waals surface area contributed by atoms with Gasteiger partial charge in [0.2, 0.25) is 5.91 Å². The highest BCUT2D eigenvalue weighted by Crippen LogP contribution is 2.34. The molecule has 2 saturated heterocycles. The zero-order valence-corrected chi connectivity index (χ0v) is 20.0. The van der Waals surface area contributed by atoms with E-state index >= 15 is 0 Å². The van der Waals surface area contributed by atoms with Gasteiger partial charge < -0.3 is 24.2 Å². The fraction of sp³-hybridized carbons (Fsp3) is 0.440. The number of piperazine rings is 1. The fourth-order valence-electron chi connectivity index (χ4n) is 4.79. The van der Waals surface area contributed by atoms with E-state index in [1.54, 1.807) is 25.6 Å². The van der Waals surface area contributed by atoms with Crippen LogP contribution in [0.25, 0.3) is 10.2 Å². The lowest BCUT2D eigenvalue weighted by molar-refractivity contribution is -0.136. The maximum absolute atomic E-state index is 13.2. The molecule has 0 radical (unpaired) electrons. The van der Waals surface area contributed by atoms with E-state index in [0.717, 1.165) is 84.6 Å². The van der Waals surface area contributed by atoms with Crippen molar-refractivity contribution in [2.24, 2.45) is 5.92 Å². The zero-order chi connectivity index (χ0) is 22.8. The summed E-state index contributed by atoms with van der Waals surface area (Å²) in [5, 5.41) is 1.04. The molecule has 2 aliphatic rings. The number of methoxy groups -OCH3 is 2. The summed E-state index contributed by atoms with van der Waals surface area (Å²) in [7, 11) is 3.39. The Morgan fingerprint density at radius 1 is 0.939 bits per heavy atom. The SMILES string of the molecule is COc1ccc2nc(N3CCC(C(=O)N4CCN(c5ccccc5OC)CC4)CC3)sc2c1. The molecule has 2 aromatic carbocycles. The van der Waals surface area contributed by atoms with Crippen LogP contribution in [-0.2, 0) is 4.79 Å². The molecule has 0 atom stereocenters. The second kappa shape index (κ2) is 9.47. The number of para-hydroxylation sites is 2. The number of nitrogens with zero attached hydrogens (tertiary/aromatic N) is 4. The number of rotatable bonds is 5. The molecule has 0 bridgehead atoms. The molecule has 0 saturated carbocycles. The molecule has 0 N–H and O–H groups in total. The molecule has 0 spiro atoms. The average Bonchev–Trinajstić information content (AvgIpc) is 3.32. The lowest BCUT2D eigenvalue weighted by atomic mass is 9.95. The first kappa shape index (κ1) is 21.8. The summed E-state index contributed by atoms with van der Waals surface area (Å²) in [4.78, 5) is 24.7. The molecule has 7 nitrogen and oxygen atoms in total. The van der Waals surface area contributed by atoms with Gasteiger partial charge in [0.15, 0.2) is 5.13 Å². The van der Waals surface area contributed by atoms with Gasteiger partial charge in [0.1, 0.15) is 11.5 Å². The van der Waals surface area contributed by atoms with Gasteiger partial charge in [-0.3, -0.25) is 4.79 Å². The van der Waals surface area contributed by atoms with Crippen molar-refractivity contribution in [2.75, 3.05) is 63.3 Å². The number of hydrogen-bond acceptors (Lipinski definition) is 7. The van der Waals surface area contributed by atoms with E-state index < -0.39 is 0 Å². The Bertz CT molecular complexity index is 1120. The first-order chi connectivity index (χ1) is 16.2. The summed E-state index contributed by atoms with van der Waals surface area (Å²) in [6, 6.07) is 14.1. The number of thiazole rings is 1. The molecule has 8 heteroatoms. The van der Waals surface area contributed by atoms with Crippen LogP contribution in [-0.4, -0.2) is 69.3 Å². The van der Waals surface area contributed by atoms with E-state index in [9.17, 15) is 4.79 Å². The van der Waals surface area contributed by atoms with Crippen LogP contribution in [0.2, 0.25) is 0 Å².